The van der Waals surface area contributed by atoms with Crippen molar-refractivity contribution in [3.8, 4) is 0 Å². The number of sulfonamides is 1. The van der Waals surface area contributed by atoms with Crippen LogP contribution in [0.2, 0.25) is 0 Å². The number of nitrogen functional groups attached to an aromatic ring is 1. The average Bonchev–Trinajstić information content (AvgIpc) is 2.67. The minimum atomic E-state index is -3.74. The van der Waals surface area contributed by atoms with E-state index in [0.717, 1.165) is 12.0 Å². The van der Waals surface area contributed by atoms with E-state index >= 15 is 0 Å². The van der Waals surface area contributed by atoms with E-state index in [9.17, 15) is 16.8 Å². The Labute approximate surface area is 119 Å². The fraction of sp³-hybridized carbons (Fsp3) is 0.500. The van der Waals surface area contributed by atoms with E-state index in [4.69, 9.17) is 5.73 Å². The molecule has 0 bridgehead atoms. The summed E-state index contributed by atoms with van der Waals surface area (Å²) in [5, 5.41) is 0. The van der Waals surface area contributed by atoms with Gasteiger partial charge in [0.2, 0.25) is 10.0 Å². The molecule has 1 aromatic rings. The van der Waals surface area contributed by atoms with Crippen molar-refractivity contribution in [3.63, 3.8) is 0 Å². The number of rotatable bonds is 4. The van der Waals surface area contributed by atoms with Gasteiger partial charge in [-0.25, -0.2) is 21.6 Å². The van der Waals surface area contributed by atoms with Gasteiger partial charge in [0, 0.05) is 11.7 Å². The minimum Gasteiger partial charge on any atom is -0.398 e. The van der Waals surface area contributed by atoms with E-state index in [1.807, 2.05) is 6.92 Å². The van der Waals surface area contributed by atoms with Gasteiger partial charge in [-0.15, -0.1) is 0 Å². The largest absolute Gasteiger partial charge is 0.398 e. The van der Waals surface area contributed by atoms with Crippen LogP contribution in [0.3, 0.4) is 0 Å². The zero-order valence-electron chi connectivity index (χ0n) is 11.2. The van der Waals surface area contributed by atoms with E-state index in [1.165, 1.54) is 12.1 Å². The Balaban J connectivity index is 2.21. The van der Waals surface area contributed by atoms with Crippen LogP contribution in [0.25, 0.3) is 0 Å². The van der Waals surface area contributed by atoms with Crippen molar-refractivity contribution in [3.05, 3.63) is 23.8 Å². The zero-order chi connectivity index (χ0) is 15.0. The van der Waals surface area contributed by atoms with Gasteiger partial charge in [0.15, 0.2) is 9.84 Å². The van der Waals surface area contributed by atoms with Crippen molar-refractivity contribution >= 4 is 25.5 Å². The van der Waals surface area contributed by atoms with Crippen LogP contribution < -0.4 is 10.5 Å². The topological polar surface area (TPSA) is 106 Å². The molecule has 0 radical (unpaired) electrons. The average molecular weight is 318 g/mol. The van der Waals surface area contributed by atoms with Crippen LogP contribution in [0.5, 0.6) is 0 Å². The molecule has 3 N–H and O–H groups in total. The van der Waals surface area contributed by atoms with Gasteiger partial charge < -0.3 is 5.73 Å². The van der Waals surface area contributed by atoms with Crippen molar-refractivity contribution in [2.45, 2.75) is 30.7 Å². The zero-order valence-corrected chi connectivity index (χ0v) is 12.8. The summed E-state index contributed by atoms with van der Waals surface area (Å²) in [5.41, 5.74) is 7.10. The standard InChI is InChI=1S/C12H18N2O4S2/c1-2-9-3-4-11(7-12(9)13)20(17,18)14-10-5-6-19(15,16)8-10/h3-4,7,10,14H,2,5-6,8,13H2,1H3. The van der Waals surface area contributed by atoms with Crippen LogP contribution in [-0.2, 0) is 26.3 Å². The van der Waals surface area contributed by atoms with Gasteiger partial charge in [0.05, 0.1) is 16.4 Å². The van der Waals surface area contributed by atoms with Crippen molar-refractivity contribution < 1.29 is 16.8 Å². The molecular weight excluding hydrogens is 300 g/mol. The summed E-state index contributed by atoms with van der Waals surface area (Å²) in [6.45, 7) is 1.93. The third kappa shape index (κ3) is 3.31. The van der Waals surface area contributed by atoms with Crippen molar-refractivity contribution in [2.24, 2.45) is 0 Å². The summed E-state index contributed by atoms with van der Waals surface area (Å²) in [6, 6.07) is 4.01. The van der Waals surface area contributed by atoms with Gasteiger partial charge in [-0.3, -0.25) is 0 Å². The number of hydrogen-bond acceptors (Lipinski definition) is 5. The van der Waals surface area contributed by atoms with Gasteiger partial charge in [-0.1, -0.05) is 13.0 Å². The Morgan fingerprint density at radius 3 is 2.60 bits per heavy atom. The second-order valence-corrected chi connectivity index (χ2v) is 8.88. The lowest BCUT2D eigenvalue weighted by Crippen LogP contribution is -2.35. The molecule has 1 aliphatic rings. The quantitative estimate of drug-likeness (QED) is 0.776. The number of anilines is 1. The van der Waals surface area contributed by atoms with E-state index in [2.05, 4.69) is 4.72 Å². The molecule has 1 aliphatic heterocycles. The molecule has 0 aromatic heterocycles. The van der Waals surface area contributed by atoms with Crippen LogP contribution >= 0.6 is 0 Å². The first-order chi connectivity index (χ1) is 9.23. The predicted molar refractivity (Wildman–Crippen MR) is 77.6 cm³/mol. The van der Waals surface area contributed by atoms with E-state index in [0.29, 0.717) is 12.1 Å². The lowest BCUT2D eigenvalue weighted by molar-refractivity contribution is 0.562. The molecule has 0 aliphatic carbocycles. The number of benzene rings is 1. The molecule has 112 valence electrons. The summed E-state index contributed by atoms with van der Waals surface area (Å²) in [7, 11) is -6.86. The van der Waals surface area contributed by atoms with Crippen molar-refractivity contribution in [1.29, 1.82) is 0 Å². The summed E-state index contributed by atoms with van der Waals surface area (Å²) < 4.78 is 49.5. The molecular formula is C12H18N2O4S2. The van der Waals surface area contributed by atoms with Crippen molar-refractivity contribution in [1.82, 2.24) is 4.72 Å². The molecule has 0 spiro atoms. The SMILES string of the molecule is CCc1ccc(S(=O)(=O)NC2CCS(=O)(=O)C2)cc1N. The van der Waals surface area contributed by atoms with Crippen LogP contribution in [0, 0.1) is 0 Å². The lowest BCUT2D eigenvalue weighted by Gasteiger charge is -2.13. The molecule has 1 unspecified atom stereocenters. The van der Waals surface area contributed by atoms with E-state index in [-0.39, 0.29) is 16.4 Å². The van der Waals surface area contributed by atoms with Gasteiger partial charge in [0.25, 0.3) is 0 Å². The Kier molecular flexibility index (Phi) is 4.08. The first-order valence-corrected chi connectivity index (χ1v) is 9.65. The highest BCUT2D eigenvalue weighted by atomic mass is 32.2. The van der Waals surface area contributed by atoms with Crippen LogP contribution in [0.4, 0.5) is 5.69 Å². The number of aryl methyl sites for hydroxylation is 1. The molecule has 1 fully saturated rings. The van der Waals surface area contributed by atoms with Gasteiger partial charge in [0.1, 0.15) is 0 Å². The van der Waals surface area contributed by atoms with Crippen LogP contribution in [-0.4, -0.2) is 34.4 Å². The van der Waals surface area contributed by atoms with Crippen LogP contribution in [0.1, 0.15) is 18.9 Å². The maximum absolute atomic E-state index is 12.2. The molecule has 1 saturated heterocycles. The number of hydrogen-bond donors (Lipinski definition) is 2. The number of nitrogens with one attached hydrogen (secondary N) is 1. The summed E-state index contributed by atoms with van der Waals surface area (Å²) >= 11 is 0. The number of nitrogens with two attached hydrogens (primary N) is 1. The Morgan fingerprint density at radius 2 is 2.10 bits per heavy atom. The first kappa shape index (κ1) is 15.3. The third-order valence-electron chi connectivity index (χ3n) is 3.36. The molecule has 6 nitrogen and oxygen atoms in total. The summed E-state index contributed by atoms with van der Waals surface area (Å²) in [6.07, 6.45) is 1.03. The fourth-order valence-corrected chi connectivity index (χ4v) is 5.32. The fourth-order valence-electron chi connectivity index (χ4n) is 2.24. The van der Waals surface area contributed by atoms with Gasteiger partial charge in [-0.2, -0.15) is 0 Å². The highest BCUT2D eigenvalue weighted by Gasteiger charge is 2.31. The molecule has 1 heterocycles. The Bertz CT molecular complexity index is 711. The van der Waals surface area contributed by atoms with Crippen molar-refractivity contribution in [2.75, 3.05) is 17.2 Å². The first-order valence-electron chi connectivity index (χ1n) is 6.34. The maximum atomic E-state index is 12.2. The minimum absolute atomic E-state index is 0.0249. The molecule has 0 amide bonds. The van der Waals surface area contributed by atoms with E-state index in [1.54, 1.807) is 6.07 Å². The molecule has 1 aromatic carbocycles. The van der Waals surface area contributed by atoms with Gasteiger partial charge in [-0.05, 0) is 30.5 Å². The molecule has 20 heavy (non-hydrogen) atoms. The molecule has 0 saturated carbocycles. The second-order valence-electron chi connectivity index (χ2n) is 4.94. The highest BCUT2D eigenvalue weighted by molar-refractivity contribution is 7.92. The second kappa shape index (κ2) is 5.34. The van der Waals surface area contributed by atoms with E-state index < -0.39 is 25.9 Å². The molecule has 2 rings (SSSR count). The Morgan fingerprint density at radius 1 is 1.40 bits per heavy atom. The normalized spacial score (nSPS) is 21.9. The number of sulfone groups is 1. The monoisotopic (exact) mass is 318 g/mol. The predicted octanol–water partition coefficient (Wildman–Crippen LogP) is 0.297. The summed E-state index contributed by atoms with van der Waals surface area (Å²) in [5.74, 6) is -0.119. The smallest absolute Gasteiger partial charge is 0.240 e. The lowest BCUT2D eigenvalue weighted by atomic mass is 10.1. The highest BCUT2D eigenvalue weighted by Crippen LogP contribution is 2.20. The summed E-state index contributed by atoms with van der Waals surface area (Å²) in [4.78, 5) is 0.0662. The maximum Gasteiger partial charge on any atom is 0.240 e. The van der Waals surface area contributed by atoms with Gasteiger partial charge >= 0.3 is 0 Å². The third-order valence-corrected chi connectivity index (χ3v) is 6.65. The van der Waals surface area contributed by atoms with Crippen LogP contribution in [0.15, 0.2) is 23.1 Å². The molecule has 8 heteroatoms. The Hall–Kier alpha value is -1.12. The molecule has 1 atom stereocenters.